The van der Waals surface area contributed by atoms with Gasteiger partial charge in [-0.05, 0) is 44.9 Å². The Morgan fingerprint density at radius 1 is 0.587 bits per heavy atom. The molecule has 0 saturated heterocycles. The van der Waals surface area contributed by atoms with Crippen LogP contribution in [0.4, 0.5) is 4.79 Å². The van der Waals surface area contributed by atoms with E-state index in [0.717, 1.165) is 31.6 Å². The molecule has 0 aromatic rings. The van der Waals surface area contributed by atoms with Crippen molar-refractivity contribution in [1.82, 2.24) is 5.06 Å². The van der Waals surface area contributed by atoms with E-state index >= 15 is 0 Å². The Hall–Kier alpha value is -1.34. The van der Waals surface area contributed by atoms with Crippen LogP contribution < -0.4 is 5.73 Å². The van der Waals surface area contributed by atoms with Gasteiger partial charge in [-0.25, -0.2) is 4.79 Å². The molecule has 0 bridgehead atoms. The maximum Gasteiger partial charge on any atom is 0.433 e. The van der Waals surface area contributed by atoms with E-state index in [4.69, 9.17) is 20.4 Å². The number of carboxylic acids is 1. The highest BCUT2D eigenvalue weighted by Crippen LogP contribution is 2.18. The minimum Gasteiger partial charge on any atom is -0.480 e. The topological polar surface area (TPSA) is 102 Å². The molecular weight excluding hydrogens is 576 g/mol. The number of rotatable bonds is 35. The van der Waals surface area contributed by atoms with Crippen molar-refractivity contribution in [2.24, 2.45) is 11.7 Å². The van der Waals surface area contributed by atoms with Crippen molar-refractivity contribution in [3.63, 3.8) is 0 Å². The van der Waals surface area contributed by atoms with E-state index in [0.29, 0.717) is 32.4 Å². The number of amides is 1. The predicted molar refractivity (Wildman–Crippen MR) is 194 cm³/mol. The van der Waals surface area contributed by atoms with E-state index in [1.165, 1.54) is 140 Å². The fourth-order valence-electron chi connectivity index (χ4n) is 6.06. The van der Waals surface area contributed by atoms with Gasteiger partial charge in [-0.1, -0.05) is 168 Å². The second-order valence-corrected chi connectivity index (χ2v) is 14.1. The summed E-state index contributed by atoms with van der Waals surface area (Å²) in [6, 6.07) is -0.870. The lowest BCUT2D eigenvalue weighted by Gasteiger charge is -2.25. The average molecular weight is 655 g/mol. The van der Waals surface area contributed by atoms with Crippen LogP contribution in [0.15, 0.2) is 0 Å². The number of hydroxylamine groups is 2. The van der Waals surface area contributed by atoms with Gasteiger partial charge in [-0.2, -0.15) is 5.06 Å². The van der Waals surface area contributed by atoms with Crippen LogP contribution in [-0.2, 0) is 14.4 Å². The third kappa shape index (κ3) is 30.0. The van der Waals surface area contributed by atoms with Crippen LogP contribution in [0.1, 0.15) is 207 Å². The third-order valence-corrected chi connectivity index (χ3v) is 9.29. The summed E-state index contributed by atoms with van der Waals surface area (Å²) < 4.78 is 5.59. The Kier molecular flexibility index (Phi) is 32.6. The summed E-state index contributed by atoms with van der Waals surface area (Å²) in [5.74, 6) is -0.113. The normalized spacial score (nSPS) is 13.4. The minimum atomic E-state index is -0.990. The SMILES string of the molecule is CCCCCCCCCCCCCCC(C)ON(CCCC[C@H](N)C(=O)O)C(=O)OCCCCCCCCCCC(C)CCCC. The molecule has 7 nitrogen and oxygen atoms in total. The number of hydrogen-bond donors (Lipinski definition) is 2. The predicted octanol–water partition coefficient (Wildman–Crippen LogP) is 11.8. The number of nitrogens with two attached hydrogens (primary N) is 1. The second kappa shape index (κ2) is 33.6. The summed E-state index contributed by atoms with van der Waals surface area (Å²) in [4.78, 5) is 30.0. The number of carbonyl (C=O) groups is 2. The van der Waals surface area contributed by atoms with Gasteiger partial charge >= 0.3 is 12.1 Å². The molecule has 0 aromatic carbocycles. The van der Waals surface area contributed by atoms with Crippen molar-refractivity contribution in [2.75, 3.05) is 13.2 Å². The van der Waals surface area contributed by atoms with Crippen molar-refractivity contribution in [2.45, 2.75) is 220 Å². The summed E-state index contributed by atoms with van der Waals surface area (Å²) in [7, 11) is 0. The third-order valence-electron chi connectivity index (χ3n) is 9.29. The molecular formula is C39H78N2O5. The van der Waals surface area contributed by atoms with Crippen LogP contribution in [0, 0.1) is 5.92 Å². The first-order valence-electron chi connectivity index (χ1n) is 19.9. The van der Waals surface area contributed by atoms with Gasteiger partial charge in [0, 0.05) is 0 Å². The molecule has 2 unspecified atom stereocenters. The first-order valence-corrected chi connectivity index (χ1v) is 19.9. The molecule has 0 heterocycles. The van der Waals surface area contributed by atoms with Crippen molar-refractivity contribution in [3.05, 3.63) is 0 Å². The van der Waals surface area contributed by atoms with Crippen LogP contribution in [-0.4, -0.2) is 47.5 Å². The first kappa shape index (κ1) is 44.7. The molecule has 3 atom stereocenters. The number of unbranched alkanes of at least 4 members (excludes halogenated alkanes) is 20. The zero-order valence-corrected chi connectivity index (χ0v) is 31.1. The molecule has 46 heavy (non-hydrogen) atoms. The standard InChI is InChI=1S/C39H78N2O5/c1-5-7-9-10-11-12-13-14-15-19-22-25-31-36(4)46-41(33-27-26-32-37(40)38(42)43)39(44)45-34-28-23-20-17-16-18-21-24-30-35(3)29-8-6-2/h35-37H,5-34,40H2,1-4H3,(H,42,43)/t35?,36?,37-/m0/s1. The van der Waals surface area contributed by atoms with Gasteiger partial charge in [0.1, 0.15) is 6.04 Å². The molecule has 0 aliphatic rings. The molecule has 0 aromatic heterocycles. The molecule has 0 rings (SSSR count). The quantitative estimate of drug-likeness (QED) is 0.0521. The first-order chi connectivity index (χ1) is 22.3. The Balaban J connectivity index is 4.17. The smallest absolute Gasteiger partial charge is 0.433 e. The molecule has 3 N–H and O–H groups in total. The Morgan fingerprint density at radius 2 is 1.02 bits per heavy atom. The lowest BCUT2D eigenvalue weighted by molar-refractivity contribution is -0.172. The van der Waals surface area contributed by atoms with Crippen molar-refractivity contribution in [3.8, 4) is 0 Å². The van der Waals surface area contributed by atoms with E-state index in [-0.39, 0.29) is 6.10 Å². The van der Waals surface area contributed by atoms with Gasteiger partial charge in [0.2, 0.25) is 0 Å². The van der Waals surface area contributed by atoms with Gasteiger partial charge in [0.15, 0.2) is 0 Å². The fourth-order valence-corrected chi connectivity index (χ4v) is 6.06. The molecule has 7 heteroatoms. The molecule has 0 aliphatic heterocycles. The molecule has 0 radical (unpaired) electrons. The molecule has 0 saturated carbocycles. The summed E-state index contributed by atoms with van der Waals surface area (Å²) in [5.41, 5.74) is 5.64. The van der Waals surface area contributed by atoms with E-state index < -0.39 is 18.1 Å². The highest BCUT2D eigenvalue weighted by Gasteiger charge is 2.19. The van der Waals surface area contributed by atoms with Crippen LogP contribution in [0.25, 0.3) is 0 Å². The maximum atomic E-state index is 12.9. The minimum absolute atomic E-state index is 0.0727. The number of nitrogens with zero attached hydrogens (tertiary/aromatic N) is 1. The lowest BCUT2D eigenvalue weighted by Crippen LogP contribution is -2.36. The van der Waals surface area contributed by atoms with Gasteiger partial charge in [-0.15, -0.1) is 0 Å². The molecule has 1 amide bonds. The van der Waals surface area contributed by atoms with Crippen LogP contribution >= 0.6 is 0 Å². The molecule has 274 valence electrons. The van der Waals surface area contributed by atoms with Gasteiger partial charge in [0.05, 0.1) is 19.3 Å². The monoisotopic (exact) mass is 655 g/mol. The Morgan fingerprint density at radius 3 is 1.54 bits per heavy atom. The summed E-state index contributed by atoms with van der Waals surface area (Å²) in [5, 5.41) is 10.4. The summed E-state index contributed by atoms with van der Waals surface area (Å²) in [6.45, 7) is 9.74. The van der Waals surface area contributed by atoms with Crippen molar-refractivity contribution >= 4 is 12.1 Å². The molecule has 0 spiro atoms. The maximum absolute atomic E-state index is 12.9. The number of hydrogen-bond acceptors (Lipinski definition) is 5. The second-order valence-electron chi connectivity index (χ2n) is 14.1. The van der Waals surface area contributed by atoms with E-state index in [9.17, 15) is 9.59 Å². The highest BCUT2D eigenvalue weighted by molar-refractivity contribution is 5.72. The van der Waals surface area contributed by atoms with Gasteiger partial charge < -0.3 is 15.6 Å². The van der Waals surface area contributed by atoms with Crippen LogP contribution in [0.3, 0.4) is 0 Å². The Labute approximate surface area is 285 Å². The summed E-state index contributed by atoms with van der Waals surface area (Å²) in [6.07, 6.45) is 33.0. The van der Waals surface area contributed by atoms with Crippen LogP contribution in [0.5, 0.6) is 0 Å². The molecule has 0 fully saturated rings. The van der Waals surface area contributed by atoms with Gasteiger partial charge in [-0.3, -0.25) is 9.63 Å². The number of carbonyl (C=O) groups excluding carboxylic acids is 1. The van der Waals surface area contributed by atoms with Crippen molar-refractivity contribution in [1.29, 1.82) is 0 Å². The highest BCUT2D eigenvalue weighted by atomic mass is 16.7. The number of ether oxygens (including phenoxy) is 1. The van der Waals surface area contributed by atoms with Crippen LogP contribution in [0.2, 0.25) is 0 Å². The lowest BCUT2D eigenvalue weighted by atomic mass is 9.97. The van der Waals surface area contributed by atoms with Crippen molar-refractivity contribution < 1.29 is 24.3 Å². The number of aliphatic carboxylic acids is 1. The zero-order valence-electron chi connectivity index (χ0n) is 31.1. The van der Waals surface area contributed by atoms with E-state index in [1.807, 2.05) is 6.92 Å². The van der Waals surface area contributed by atoms with E-state index in [2.05, 4.69) is 20.8 Å². The zero-order chi connectivity index (χ0) is 34.1. The van der Waals surface area contributed by atoms with E-state index in [1.54, 1.807) is 0 Å². The Bertz CT molecular complexity index is 677. The largest absolute Gasteiger partial charge is 0.480 e. The number of carboxylic acid groups (broad SMARTS) is 1. The molecule has 0 aliphatic carbocycles. The fraction of sp³-hybridized carbons (Fsp3) is 0.949. The summed E-state index contributed by atoms with van der Waals surface area (Å²) >= 11 is 0. The average Bonchev–Trinajstić information content (AvgIpc) is 3.04. The van der Waals surface area contributed by atoms with Gasteiger partial charge in [0.25, 0.3) is 0 Å².